The van der Waals surface area contributed by atoms with Crippen molar-refractivity contribution in [2.45, 2.75) is 18.9 Å². The van der Waals surface area contributed by atoms with Gasteiger partial charge in [-0.1, -0.05) is 24.3 Å². The fourth-order valence-electron chi connectivity index (χ4n) is 3.37. The molecule has 0 spiro atoms. The van der Waals surface area contributed by atoms with E-state index in [9.17, 15) is 18.0 Å². The maximum absolute atomic E-state index is 14.4. The summed E-state index contributed by atoms with van der Waals surface area (Å²) in [5.41, 5.74) is -0.0336. The van der Waals surface area contributed by atoms with E-state index in [4.69, 9.17) is 4.42 Å². The third kappa shape index (κ3) is 4.41. The fourth-order valence-corrected chi connectivity index (χ4v) is 3.37. The average Bonchev–Trinajstić information content (AvgIpc) is 3.40. The zero-order chi connectivity index (χ0) is 22.7. The number of aromatic nitrogens is 3. The highest BCUT2D eigenvalue weighted by Crippen LogP contribution is 2.27. The molecule has 0 aliphatic rings. The van der Waals surface area contributed by atoms with Crippen molar-refractivity contribution >= 4 is 5.91 Å². The van der Waals surface area contributed by atoms with Gasteiger partial charge in [0.15, 0.2) is 11.7 Å². The SMILES string of the molecule is Cn1ccnc1C(NC(=O)CCc1ncc(-c2c(F)cccc2F)o1)c1ccccc1F. The Morgan fingerprint density at radius 2 is 1.78 bits per heavy atom. The third-order valence-electron chi connectivity index (χ3n) is 4.97. The van der Waals surface area contributed by atoms with Gasteiger partial charge in [0.1, 0.15) is 29.3 Å². The summed E-state index contributed by atoms with van der Waals surface area (Å²) in [4.78, 5) is 20.9. The van der Waals surface area contributed by atoms with Gasteiger partial charge in [-0.25, -0.2) is 23.1 Å². The lowest BCUT2D eigenvalue weighted by atomic mass is 10.0. The van der Waals surface area contributed by atoms with Crippen molar-refractivity contribution in [2.75, 3.05) is 0 Å². The zero-order valence-corrected chi connectivity index (χ0v) is 17.1. The Balaban J connectivity index is 1.48. The van der Waals surface area contributed by atoms with E-state index in [0.29, 0.717) is 5.82 Å². The average molecular weight is 440 g/mol. The Morgan fingerprint density at radius 1 is 1.06 bits per heavy atom. The molecule has 1 unspecified atom stereocenters. The van der Waals surface area contributed by atoms with Crippen LogP contribution in [0.5, 0.6) is 0 Å². The molecule has 6 nitrogen and oxygen atoms in total. The molecule has 4 rings (SSSR count). The smallest absolute Gasteiger partial charge is 0.221 e. The summed E-state index contributed by atoms with van der Waals surface area (Å²) in [6.07, 6.45) is 4.53. The van der Waals surface area contributed by atoms with Crippen molar-refractivity contribution in [3.05, 3.63) is 95.8 Å². The minimum atomic E-state index is -0.795. The first-order valence-corrected chi connectivity index (χ1v) is 9.84. The maximum atomic E-state index is 14.4. The molecule has 0 saturated heterocycles. The molecule has 9 heteroatoms. The second-order valence-corrected chi connectivity index (χ2v) is 7.13. The molecule has 2 heterocycles. The van der Waals surface area contributed by atoms with Gasteiger partial charge in [-0.3, -0.25) is 4.79 Å². The molecular weight excluding hydrogens is 421 g/mol. The number of imidazole rings is 1. The first-order valence-electron chi connectivity index (χ1n) is 9.84. The van der Waals surface area contributed by atoms with Gasteiger partial charge in [-0.15, -0.1) is 0 Å². The van der Waals surface area contributed by atoms with E-state index in [1.54, 1.807) is 42.2 Å². The lowest BCUT2D eigenvalue weighted by Gasteiger charge is -2.19. The molecule has 0 radical (unpaired) electrons. The number of nitrogens with zero attached hydrogens (tertiary/aromatic N) is 3. The van der Waals surface area contributed by atoms with Gasteiger partial charge >= 0.3 is 0 Å². The van der Waals surface area contributed by atoms with Gasteiger partial charge in [0.25, 0.3) is 0 Å². The number of benzene rings is 2. The summed E-state index contributed by atoms with van der Waals surface area (Å²) < 4.78 is 49.4. The lowest BCUT2D eigenvalue weighted by molar-refractivity contribution is -0.121. The summed E-state index contributed by atoms with van der Waals surface area (Å²) in [6.45, 7) is 0. The molecule has 2 aromatic heterocycles. The highest BCUT2D eigenvalue weighted by Gasteiger charge is 2.24. The lowest BCUT2D eigenvalue weighted by Crippen LogP contribution is -2.31. The molecule has 164 valence electrons. The predicted octanol–water partition coefficient (Wildman–Crippen LogP) is 4.33. The van der Waals surface area contributed by atoms with Crippen LogP contribution in [-0.2, 0) is 18.3 Å². The largest absolute Gasteiger partial charge is 0.441 e. The normalized spacial score (nSPS) is 12.0. The molecule has 0 aliphatic carbocycles. The quantitative estimate of drug-likeness (QED) is 0.464. The van der Waals surface area contributed by atoms with E-state index in [1.165, 1.54) is 18.3 Å². The molecular formula is C23H19F3N4O2. The zero-order valence-electron chi connectivity index (χ0n) is 17.1. The summed E-state index contributed by atoms with van der Waals surface area (Å²) in [7, 11) is 1.75. The highest BCUT2D eigenvalue weighted by atomic mass is 19.1. The van der Waals surface area contributed by atoms with Crippen LogP contribution < -0.4 is 5.32 Å². The monoisotopic (exact) mass is 440 g/mol. The maximum Gasteiger partial charge on any atom is 0.221 e. The van der Waals surface area contributed by atoms with Crippen LogP contribution in [0.25, 0.3) is 11.3 Å². The number of hydrogen-bond acceptors (Lipinski definition) is 4. The van der Waals surface area contributed by atoms with Crippen molar-refractivity contribution in [1.29, 1.82) is 0 Å². The van der Waals surface area contributed by atoms with Crippen LogP contribution in [0, 0.1) is 17.5 Å². The topological polar surface area (TPSA) is 73.0 Å². The number of carbonyl (C=O) groups excluding carboxylic acids is 1. The predicted molar refractivity (Wildman–Crippen MR) is 110 cm³/mol. The molecule has 0 fully saturated rings. The van der Waals surface area contributed by atoms with Crippen molar-refractivity contribution in [2.24, 2.45) is 7.05 Å². The highest BCUT2D eigenvalue weighted by molar-refractivity contribution is 5.77. The van der Waals surface area contributed by atoms with E-state index in [0.717, 1.165) is 12.1 Å². The van der Waals surface area contributed by atoms with Crippen LogP contribution in [-0.4, -0.2) is 20.4 Å². The van der Waals surface area contributed by atoms with Gasteiger partial charge in [0.2, 0.25) is 5.91 Å². The van der Waals surface area contributed by atoms with Gasteiger partial charge in [0.05, 0.1) is 11.8 Å². The van der Waals surface area contributed by atoms with Crippen LogP contribution in [0.1, 0.15) is 29.7 Å². The Bertz CT molecular complexity index is 1230. The van der Waals surface area contributed by atoms with Crippen LogP contribution >= 0.6 is 0 Å². The molecule has 0 bridgehead atoms. The Kier molecular flexibility index (Phi) is 6.07. The number of carbonyl (C=O) groups is 1. The molecule has 1 atom stereocenters. The van der Waals surface area contributed by atoms with E-state index in [2.05, 4.69) is 15.3 Å². The number of oxazole rings is 1. The fraction of sp³-hybridized carbons (Fsp3) is 0.174. The molecule has 1 amide bonds. The van der Waals surface area contributed by atoms with Crippen LogP contribution in [0.3, 0.4) is 0 Å². The molecule has 1 N–H and O–H groups in total. The van der Waals surface area contributed by atoms with Gasteiger partial charge in [0, 0.05) is 37.8 Å². The van der Waals surface area contributed by atoms with Gasteiger partial charge in [-0.05, 0) is 18.2 Å². The summed E-state index contributed by atoms with van der Waals surface area (Å²) in [5.74, 6) is -1.84. The van der Waals surface area contributed by atoms with Crippen LogP contribution in [0.4, 0.5) is 13.2 Å². The van der Waals surface area contributed by atoms with Crippen LogP contribution in [0.2, 0.25) is 0 Å². The number of amides is 1. The number of rotatable bonds is 7. The summed E-state index contributed by atoms with van der Waals surface area (Å²) >= 11 is 0. The molecule has 32 heavy (non-hydrogen) atoms. The van der Waals surface area contributed by atoms with E-state index in [1.807, 2.05) is 0 Å². The van der Waals surface area contributed by atoms with Crippen molar-refractivity contribution in [1.82, 2.24) is 19.9 Å². The third-order valence-corrected chi connectivity index (χ3v) is 4.97. The van der Waals surface area contributed by atoms with Crippen molar-refractivity contribution < 1.29 is 22.4 Å². The van der Waals surface area contributed by atoms with Crippen molar-refractivity contribution in [3.63, 3.8) is 0 Å². The Hall–Kier alpha value is -3.88. The molecule has 2 aromatic carbocycles. The van der Waals surface area contributed by atoms with Gasteiger partial charge < -0.3 is 14.3 Å². The Morgan fingerprint density at radius 3 is 2.47 bits per heavy atom. The number of hydrogen-bond donors (Lipinski definition) is 1. The first kappa shape index (κ1) is 21.4. The minimum Gasteiger partial charge on any atom is -0.441 e. The van der Waals surface area contributed by atoms with E-state index >= 15 is 0 Å². The van der Waals surface area contributed by atoms with E-state index < -0.39 is 29.4 Å². The molecule has 4 aromatic rings. The second-order valence-electron chi connectivity index (χ2n) is 7.13. The minimum absolute atomic E-state index is 0.0327. The summed E-state index contributed by atoms with van der Waals surface area (Å²) in [6, 6.07) is 8.83. The van der Waals surface area contributed by atoms with Gasteiger partial charge in [-0.2, -0.15) is 0 Å². The number of aryl methyl sites for hydroxylation is 2. The summed E-state index contributed by atoms with van der Waals surface area (Å²) in [5, 5.41) is 2.79. The van der Waals surface area contributed by atoms with Crippen molar-refractivity contribution in [3.8, 4) is 11.3 Å². The Labute approximate surface area is 181 Å². The molecule has 0 aliphatic heterocycles. The number of nitrogens with one attached hydrogen (secondary N) is 1. The van der Waals surface area contributed by atoms with E-state index in [-0.39, 0.29) is 35.6 Å². The standard InChI is InChI=1S/C23H19F3N4O2/c1-30-12-11-27-23(30)22(14-5-2-3-6-15(14)24)29-19(31)9-10-20-28-13-18(32-20)21-16(25)7-4-8-17(21)26/h2-8,11-13,22H,9-10H2,1H3,(H,29,31). The first-order chi connectivity index (χ1) is 15.4. The second kappa shape index (κ2) is 9.09. The number of halogens is 3. The van der Waals surface area contributed by atoms with Crippen LogP contribution in [0.15, 0.2) is 65.5 Å². The molecule has 0 saturated carbocycles.